The summed E-state index contributed by atoms with van der Waals surface area (Å²) in [7, 11) is 0. The smallest absolute Gasteiger partial charge is 0.422 e. The number of rotatable bonds is 4. The second-order valence-electron chi connectivity index (χ2n) is 4.30. The van der Waals surface area contributed by atoms with Crippen molar-refractivity contribution in [1.29, 1.82) is 0 Å². The Hall–Kier alpha value is -2.01. The predicted octanol–water partition coefficient (Wildman–Crippen LogP) is 3.75. The Labute approximate surface area is 115 Å². The van der Waals surface area contributed by atoms with E-state index in [2.05, 4.69) is 0 Å². The summed E-state index contributed by atoms with van der Waals surface area (Å²) in [4.78, 5) is 0. The Kier molecular flexibility index (Phi) is 4.29. The molecular formula is C15H14F3NO. The fourth-order valence-electron chi connectivity index (χ4n) is 1.83. The van der Waals surface area contributed by atoms with Gasteiger partial charge in [0.1, 0.15) is 5.75 Å². The molecule has 20 heavy (non-hydrogen) atoms. The summed E-state index contributed by atoms with van der Waals surface area (Å²) in [6.45, 7) is -1.19. The van der Waals surface area contributed by atoms with Gasteiger partial charge in [-0.25, -0.2) is 0 Å². The van der Waals surface area contributed by atoms with E-state index >= 15 is 0 Å². The van der Waals surface area contributed by atoms with Crippen molar-refractivity contribution >= 4 is 0 Å². The molecule has 2 aromatic rings. The van der Waals surface area contributed by atoms with Crippen molar-refractivity contribution in [2.75, 3.05) is 6.61 Å². The molecule has 0 aromatic heterocycles. The van der Waals surface area contributed by atoms with E-state index in [0.717, 1.165) is 11.1 Å². The molecule has 0 spiro atoms. The highest BCUT2D eigenvalue weighted by Crippen LogP contribution is 2.28. The lowest BCUT2D eigenvalue weighted by atomic mass is 10.0. The van der Waals surface area contributed by atoms with Gasteiger partial charge in [0.15, 0.2) is 6.61 Å². The Morgan fingerprint density at radius 3 is 2.25 bits per heavy atom. The molecule has 0 atom stereocenters. The third-order valence-electron chi connectivity index (χ3n) is 2.79. The molecule has 0 aliphatic carbocycles. The van der Waals surface area contributed by atoms with Gasteiger partial charge in [0.25, 0.3) is 0 Å². The topological polar surface area (TPSA) is 35.2 Å². The van der Waals surface area contributed by atoms with Crippen LogP contribution in [0.25, 0.3) is 11.1 Å². The molecule has 0 heterocycles. The second kappa shape index (κ2) is 5.96. The molecule has 2 rings (SSSR count). The van der Waals surface area contributed by atoms with Gasteiger partial charge in [0.05, 0.1) is 0 Å². The van der Waals surface area contributed by atoms with Crippen LogP contribution in [0.4, 0.5) is 13.2 Å². The van der Waals surface area contributed by atoms with Gasteiger partial charge >= 0.3 is 6.18 Å². The molecular weight excluding hydrogens is 267 g/mol. The maximum Gasteiger partial charge on any atom is 0.422 e. The van der Waals surface area contributed by atoms with E-state index in [1.165, 1.54) is 0 Å². The molecule has 2 N–H and O–H groups in total. The van der Waals surface area contributed by atoms with Crippen molar-refractivity contribution in [2.45, 2.75) is 12.7 Å². The number of nitrogens with two attached hydrogens (primary N) is 1. The van der Waals surface area contributed by atoms with Gasteiger partial charge in [0, 0.05) is 12.1 Å². The molecule has 5 heteroatoms. The van der Waals surface area contributed by atoms with Crippen LogP contribution >= 0.6 is 0 Å². The standard InChI is InChI=1S/C15H14F3NO/c16-15(17,18)10-20-14-8-12(6-7-13(14)9-19)11-4-2-1-3-5-11/h1-8H,9-10,19H2. The van der Waals surface area contributed by atoms with Gasteiger partial charge in [-0.3, -0.25) is 0 Å². The number of benzene rings is 2. The first-order valence-corrected chi connectivity index (χ1v) is 6.07. The fraction of sp³-hybridized carbons (Fsp3) is 0.200. The van der Waals surface area contributed by atoms with Crippen LogP contribution in [0.15, 0.2) is 48.5 Å². The van der Waals surface area contributed by atoms with E-state index in [4.69, 9.17) is 10.5 Å². The third-order valence-corrected chi connectivity index (χ3v) is 2.79. The summed E-state index contributed by atoms with van der Waals surface area (Å²) in [5.74, 6) is 0.172. The molecule has 0 unspecified atom stereocenters. The highest BCUT2D eigenvalue weighted by atomic mass is 19.4. The Balaban J connectivity index is 2.29. The molecule has 0 aliphatic heterocycles. The van der Waals surface area contributed by atoms with E-state index in [-0.39, 0.29) is 12.3 Å². The average molecular weight is 281 g/mol. The fourth-order valence-corrected chi connectivity index (χ4v) is 1.83. The van der Waals surface area contributed by atoms with Crippen molar-refractivity contribution < 1.29 is 17.9 Å². The van der Waals surface area contributed by atoms with Crippen LogP contribution < -0.4 is 10.5 Å². The summed E-state index contributed by atoms with van der Waals surface area (Å²) in [6, 6.07) is 14.5. The summed E-state index contributed by atoms with van der Waals surface area (Å²) < 4.78 is 41.6. The third kappa shape index (κ3) is 3.74. The van der Waals surface area contributed by atoms with Crippen molar-refractivity contribution in [3.63, 3.8) is 0 Å². The molecule has 0 radical (unpaired) electrons. The van der Waals surface area contributed by atoms with E-state index in [0.29, 0.717) is 5.56 Å². The molecule has 0 fully saturated rings. The van der Waals surface area contributed by atoms with Crippen molar-refractivity contribution in [3.05, 3.63) is 54.1 Å². The highest BCUT2D eigenvalue weighted by Gasteiger charge is 2.28. The first kappa shape index (κ1) is 14.4. The van der Waals surface area contributed by atoms with E-state index in [1.54, 1.807) is 12.1 Å². The summed E-state index contributed by atoms with van der Waals surface area (Å²) in [5.41, 5.74) is 7.77. The highest BCUT2D eigenvalue weighted by molar-refractivity contribution is 5.66. The molecule has 2 aromatic carbocycles. The SMILES string of the molecule is NCc1ccc(-c2ccccc2)cc1OCC(F)(F)F. The van der Waals surface area contributed by atoms with Crippen LogP contribution in [0, 0.1) is 0 Å². The van der Waals surface area contributed by atoms with Crippen molar-refractivity contribution in [1.82, 2.24) is 0 Å². The Bertz CT molecular complexity index is 567. The molecule has 0 saturated heterocycles. The zero-order valence-electron chi connectivity index (χ0n) is 10.7. The van der Waals surface area contributed by atoms with Crippen molar-refractivity contribution in [3.8, 4) is 16.9 Å². The van der Waals surface area contributed by atoms with E-state index < -0.39 is 12.8 Å². The van der Waals surface area contributed by atoms with Gasteiger partial charge in [-0.1, -0.05) is 42.5 Å². The largest absolute Gasteiger partial charge is 0.484 e. The summed E-state index contributed by atoms with van der Waals surface area (Å²) >= 11 is 0. The van der Waals surface area contributed by atoms with E-state index in [9.17, 15) is 13.2 Å². The van der Waals surface area contributed by atoms with Gasteiger partial charge in [-0.15, -0.1) is 0 Å². The minimum Gasteiger partial charge on any atom is -0.484 e. The van der Waals surface area contributed by atoms with Crippen LogP contribution in [0.1, 0.15) is 5.56 Å². The van der Waals surface area contributed by atoms with Crippen LogP contribution in [-0.4, -0.2) is 12.8 Å². The first-order chi connectivity index (χ1) is 9.49. The van der Waals surface area contributed by atoms with Crippen LogP contribution in [0.3, 0.4) is 0 Å². The lowest BCUT2D eigenvalue weighted by Gasteiger charge is -2.14. The lowest BCUT2D eigenvalue weighted by molar-refractivity contribution is -0.153. The van der Waals surface area contributed by atoms with Gasteiger partial charge in [-0.2, -0.15) is 13.2 Å². The van der Waals surface area contributed by atoms with E-state index in [1.807, 2.05) is 36.4 Å². The Morgan fingerprint density at radius 1 is 0.950 bits per heavy atom. The number of ether oxygens (including phenoxy) is 1. The number of hydrogen-bond donors (Lipinski definition) is 1. The number of halogens is 3. The van der Waals surface area contributed by atoms with Crippen LogP contribution in [0.2, 0.25) is 0 Å². The predicted molar refractivity (Wildman–Crippen MR) is 71.3 cm³/mol. The minimum absolute atomic E-state index is 0.127. The average Bonchev–Trinajstić information content (AvgIpc) is 2.45. The van der Waals surface area contributed by atoms with Crippen molar-refractivity contribution in [2.24, 2.45) is 5.73 Å². The second-order valence-corrected chi connectivity index (χ2v) is 4.30. The monoisotopic (exact) mass is 281 g/mol. The maximum atomic E-state index is 12.2. The molecule has 0 bridgehead atoms. The summed E-state index contributed by atoms with van der Waals surface area (Å²) in [6.07, 6.45) is -4.37. The lowest BCUT2D eigenvalue weighted by Crippen LogP contribution is -2.20. The minimum atomic E-state index is -4.37. The van der Waals surface area contributed by atoms with Gasteiger partial charge in [-0.05, 0) is 17.2 Å². The zero-order valence-corrected chi connectivity index (χ0v) is 10.7. The summed E-state index contributed by atoms with van der Waals surface area (Å²) in [5, 5.41) is 0. The van der Waals surface area contributed by atoms with Gasteiger partial charge in [0.2, 0.25) is 0 Å². The molecule has 2 nitrogen and oxygen atoms in total. The van der Waals surface area contributed by atoms with Gasteiger partial charge < -0.3 is 10.5 Å². The molecule has 0 saturated carbocycles. The Morgan fingerprint density at radius 2 is 1.65 bits per heavy atom. The number of alkyl halides is 3. The molecule has 0 amide bonds. The zero-order chi connectivity index (χ0) is 14.6. The maximum absolute atomic E-state index is 12.2. The van der Waals surface area contributed by atoms with Crippen LogP contribution in [-0.2, 0) is 6.54 Å². The first-order valence-electron chi connectivity index (χ1n) is 6.07. The number of hydrogen-bond acceptors (Lipinski definition) is 2. The van der Waals surface area contributed by atoms with Crippen LogP contribution in [0.5, 0.6) is 5.75 Å². The normalized spacial score (nSPS) is 11.4. The molecule has 0 aliphatic rings. The molecule has 106 valence electrons. The quantitative estimate of drug-likeness (QED) is 0.926.